The van der Waals surface area contributed by atoms with Crippen LogP contribution in [0.1, 0.15) is 43.9 Å². The van der Waals surface area contributed by atoms with Crippen molar-refractivity contribution in [2.75, 3.05) is 13.6 Å². The van der Waals surface area contributed by atoms with Crippen LogP contribution >= 0.6 is 11.3 Å². The number of aromatic nitrogens is 1. The van der Waals surface area contributed by atoms with Crippen LogP contribution in [-0.4, -0.2) is 52.3 Å². The smallest absolute Gasteiger partial charge is 0.408 e. The number of thiazole rings is 1. The lowest BCUT2D eigenvalue weighted by Gasteiger charge is -2.19. The van der Waals surface area contributed by atoms with Gasteiger partial charge in [0.2, 0.25) is 5.91 Å². The molecule has 1 heterocycles. The van der Waals surface area contributed by atoms with Crippen LogP contribution in [0.5, 0.6) is 0 Å². The Kier molecular flexibility index (Phi) is 7.93. The Morgan fingerprint density at radius 1 is 1.42 bits per heavy atom. The van der Waals surface area contributed by atoms with Gasteiger partial charge in [0.25, 0.3) is 0 Å². The van der Waals surface area contributed by atoms with Crippen LogP contribution in [0.15, 0.2) is 5.38 Å². The Balaban J connectivity index is 2.47. The highest BCUT2D eigenvalue weighted by Gasteiger charge is 2.18. The van der Waals surface area contributed by atoms with Crippen molar-refractivity contribution in [2.24, 2.45) is 5.73 Å². The van der Waals surface area contributed by atoms with E-state index in [-0.39, 0.29) is 19.5 Å². The monoisotopic (exact) mass is 387 g/mol. The van der Waals surface area contributed by atoms with E-state index >= 15 is 0 Å². The Bertz CT molecular complexity index is 643. The fraction of sp³-hybridized carbons (Fsp3) is 0.600. The molecule has 1 aromatic rings. The number of likely N-dealkylation sites (N-methyl/N-ethyl adjacent to an activating group) is 1. The van der Waals surface area contributed by atoms with E-state index in [1.54, 1.807) is 26.2 Å². The summed E-state index contributed by atoms with van der Waals surface area (Å²) < 4.78 is 5.13. The van der Waals surface area contributed by atoms with Gasteiger partial charge in [-0.15, -0.1) is 11.3 Å². The van der Waals surface area contributed by atoms with E-state index in [0.717, 1.165) is 5.01 Å². The van der Waals surface area contributed by atoms with Crippen LogP contribution in [0.4, 0.5) is 4.79 Å². The summed E-state index contributed by atoms with van der Waals surface area (Å²) in [6.45, 7) is 5.18. The number of carbonyl (C=O) groups is 3. The minimum atomic E-state index is -1.06. The Morgan fingerprint density at radius 2 is 2.08 bits per heavy atom. The molecule has 0 aliphatic heterocycles. The molecule has 10 nitrogen and oxygen atoms in total. The molecule has 0 fully saturated rings. The van der Waals surface area contributed by atoms with Gasteiger partial charge < -0.3 is 20.9 Å². The van der Waals surface area contributed by atoms with E-state index in [2.05, 4.69) is 15.7 Å². The summed E-state index contributed by atoms with van der Waals surface area (Å²) in [7, 11) is 1.45. The fourth-order valence-corrected chi connectivity index (χ4v) is 2.64. The first-order chi connectivity index (χ1) is 12.0. The van der Waals surface area contributed by atoms with Crippen LogP contribution < -0.4 is 16.5 Å². The van der Waals surface area contributed by atoms with Crippen LogP contribution in [0.2, 0.25) is 0 Å². The Hall–Kier alpha value is -2.24. The van der Waals surface area contributed by atoms with Crippen molar-refractivity contribution in [3.8, 4) is 0 Å². The molecule has 0 aliphatic carbocycles. The largest absolute Gasteiger partial charge is 0.480 e. The molecule has 1 rings (SSSR count). The van der Waals surface area contributed by atoms with E-state index in [4.69, 9.17) is 15.6 Å². The third-order valence-electron chi connectivity index (χ3n) is 2.83. The summed E-state index contributed by atoms with van der Waals surface area (Å²) in [5.41, 5.74) is 8.32. The highest BCUT2D eigenvalue weighted by atomic mass is 32.1. The molecule has 0 bridgehead atoms. The second kappa shape index (κ2) is 9.46. The number of carbonyl (C=O) groups excluding carboxylic acids is 2. The highest BCUT2D eigenvalue weighted by molar-refractivity contribution is 7.09. The first-order valence-electron chi connectivity index (χ1n) is 7.85. The highest BCUT2D eigenvalue weighted by Crippen LogP contribution is 2.18. The van der Waals surface area contributed by atoms with Crippen molar-refractivity contribution in [1.29, 1.82) is 0 Å². The van der Waals surface area contributed by atoms with Crippen molar-refractivity contribution in [3.63, 3.8) is 0 Å². The van der Waals surface area contributed by atoms with Gasteiger partial charge >= 0.3 is 12.1 Å². The van der Waals surface area contributed by atoms with Crippen LogP contribution in [-0.2, 0) is 20.9 Å². The minimum Gasteiger partial charge on any atom is -0.480 e. The van der Waals surface area contributed by atoms with Crippen LogP contribution in [0.25, 0.3) is 0 Å². The number of hydrogen-bond donors (Lipinski definition) is 4. The van der Waals surface area contributed by atoms with Crippen molar-refractivity contribution in [2.45, 2.75) is 45.4 Å². The number of hydrogen-bond acceptors (Lipinski definition) is 8. The van der Waals surface area contributed by atoms with Gasteiger partial charge in [-0.05, 0) is 20.8 Å². The number of aliphatic carboxylic acids is 1. The molecule has 2 amide bonds. The molecule has 0 aromatic carbocycles. The number of nitrogens with one attached hydrogen (secondary N) is 2. The van der Waals surface area contributed by atoms with Gasteiger partial charge in [-0.2, -0.15) is 0 Å². The predicted molar refractivity (Wildman–Crippen MR) is 95.1 cm³/mol. The molecular formula is C15H25N5O5S. The number of hydrazine groups is 1. The zero-order chi connectivity index (χ0) is 19.9. The van der Waals surface area contributed by atoms with Crippen molar-refractivity contribution < 1.29 is 24.2 Å². The number of nitrogens with zero attached hydrogens (tertiary/aromatic N) is 2. The normalized spacial score (nSPS) is 12.5. The number of nitrogens with two attached hydrogens (primary N) is 1. The summed E-state index contributed by atoms with van der Waals surface area (Å²) in [6, 6.07) is -0.639. The number of carboxylic acids is 1. The second-order valence-electron chi connectivity index (χ2n) is 6.62. The second-order valence-corrected chi connectivity index (χ2v) is 7.56. The lowest BCUT2D eigenvalue weighted by atomic mass is 10.1. The molecule has 11 heteroatoms. The maximum Gasteiger partial charge on any atom is 0.408 e. The third kappa shape index (κ3) is 8.74. The lowest BCUT2D eigenvalue weighted by molar-refractivity contribution is -0.139. The lowest BCUT2D eigenvalue weighted by Crippen LogP contribution is -2.43. The third-order valence-corrected chi connectivity index (χ3v) is 3.69. The average Bonchev–Trinajstić information content (AvgIpc) is 2.90. The van der Waals surface area contributed by atoms with Gasteiger partial charge in [0.15, 0.2) is 0 Å². The molecule has 0 aliphatic rings. The van der Waals surface area contributed by atoms with Gasteiger partial charge in [-0.1, -0.05) is 0 Å². The van der Waals surface area contributed by atoms with E-state index in [1.165, 1.54) is 18.4 Å². The topological polar surface area (TPSA) is 147 Å². The summed E-state index contributed by atoms with van der Waals surface area (Å²) in [5.74, 6) is -1.47. The quantitative estimate of drug-likeness (QED) is 0.474. The summed E-state index contributed by atoms with van der Waals surface area (Å²) in [4.78, 5) is 38.3. The predicted octanol–water partition coefficient (Wildman–Crippen LogP) is 0.605. The van der Waals surface area contributed by atoms with Crippen molar-refractivity contribution >= 4 is 29.3 Å². The van der Waals surface area contributed by atoms with E-state index in [0.29, 0.717) is 10.7 Å². The van der Waals surface area contributed by atoms with Gasteiger partial charge in [-0.25, -0.2) is 14.8 Å². The molecule has 1 aromatic heterocycles. The average molecular weight is 387 g/mol. The number of ether oxygens (including phenoxy) is 1. The Labute approximate surface area is 155 Å². The standard InChI is InChI=1S/C15H25N5O5S/c1-15(2,3)25-14(24)17-6-12-18-10(8-26-12)9(16)5-11(21)19-20(4)7-13(22)23/h8-9H,5-7,16H2,1-4H3,(H,17,24)(H,19,21)(H,22,23)/t9-/m0/s1. The molecule has 0 spiro atoms. The minimum absolute atomic E-state index is 0.0490. The molecule has 146 valence electrons. The fourth-order valence-electron chi connectivity index (χ4n) is 1.84. The maximum absolute atomic E-state index is 11.8. The van der Waals surface area contributed by atoms with Crippen LogP contribution in [0, 0.1) is 0 Å². The van der Waals surface area contributed by atoms with E-state index < -0.39 is 29.6 Å². The van der Waals surface area contributed by atoms with Crippen molar-refractivity contribution in [3.05, 3.63) is 16.1 Å². The molecule has 0 saturated carbocycles. The first kappa shape index (κ1) is 21.8. The van der Waals surface area contributed by atoms with E-state index in [9.17, 15) is 14.4 Å². The zero-order valence-corrected chi connectivity index (χ0v) is 16.1. The summed E-state index contributed by atoms with van der Waals surface area (Å²) in [6.07, 6.45) is -0.591. The maximum atomic E-state index is 11.8. The van der Waals surface area contributed by atoms with Crippen LogP contribution in [0.3, 0.4) is 0 Å². The van der Waals surface area contributed by atoms with E-state index in [1.807, 2.05) is 0 Å². The molecule has 0 unspecified atom stereocenters. The number of rotatable bonds is 8. The first-order valence-corrected chi connectivity index (χ1v) is 8.73. The van der Waals surface area contributed by atoms with Crippen molar-refractivity contribution in [1.82, 2.24) is 20.7 Å². The van der Waals surface area contributed by atoms with Gasteiger partial charge in [0.05, 0.1) is 18.3 Å². The molecule has 26 heavy (non-hydrogen) atoms. The molecular weight excluding hydrogens is 362 g/mol. The van der Waals surface area contributed by atoms with Gasteiger partial charge in [0.1, 0.15) is 17.2 Å². The Morgan fingerprint density at radius 3 is 2.65 bits per heavy atom. The number of alkyl carbamates (subject to hydrolysis) is 1. The summed E-state index contributed by atoms with van der Waals surface area (Å²) in [5, 5.41) is 14.7. The molecule has 0 saturated heterocycles. The zero-order valence-electron chi connectivity index (χ0n) is 15.2. The SMILES string of the molecule is CN(CC(=O)O)NC(=O)C[C@H](N)c1csc(CNC(=O)OC(C)(C)C)n1. The van der Waals surface area contributed by atoms with Gasteiger partial charge in [-0.3, -0.25) is 15.0 Å². The molecule has 0 radical (unpaired) electrons. The van der Waals surface area contributed by atoms with Gasteiger partial charge in [0, 0.05) is 18.8 Å². The molecule has 5 N–H and O–H groups in total. The summed E-state index contributed by atoms with van der Waals surface area (Å²) >= 11 is 1.31. The number of amides is 2. The number of carboxylic acid groups (broad SMARTS) is 1. The molecule has 1 atom stereocenters.